The van der Waals surface area contributed by atoms with Crippen LogP contribution in [0.3, 0.4) is 0 Å². The molecule has 0 unspecified atom stereocenters. The Morgan fingerprint density at radius 1 is 1.11 bits per heavy atom. The number of piperidine rings is 1. The van der Waals surface area contributed by atoms with Gasteiger partial charge in [0.15, 0.2) is 5.82 Å². The van der Waals surface area contributed by atoms with Crippen molar-refractivity contribution in [3.8, 4) is 0 Å². The van der Waals surface area contributed by atoms with Crippen molar-refractivity contribution >= 4 is 0 Å². The van der Waals surface area contributed by atoms with Gasteiger partial charge in [-0.25, -0.2) is 4.98 Å². The van der Waals surface area contributed by atoms with Crippen LogP contribution in [0.15, 0.2) is 24.8 Å². The summed E-state index contributed by atoms with van der Waals surface area (Å²) in [7, 11) is 0. The molecule has 2 fully saturated rings. The fraction of sp³-hybridized carbons (Fsp3) is 0.579. The zero-order valence-electron chi connectivity index (χ0n) is 15.8. The number of rotatable bonds is 6. The molecule has 0 amide bonds. The lowest BCUT2D eigenvalue weighted by atomic mass is 9.95. The van der Waals surface area contributed by atoms with Crippen molar-refractivity contribution in [2.75, 3.05) is 13.1 Å². The van der Waals surface area contributed by atoms with Crippen LogP contribution in [0.1, 0.15) is 60.7 Å². The summed E-state index contributed by atoms with van der Waals surface area (Å²) >= 11 is 0. The summed E-state index contributed by atoms with van der Waals surface area (Å²) in [4.78, 5) is 10.1. The molecule has 0 aromatic carbocycles. The molecule has 1 saturated carbocycles. The van der Waals surface area contributed by atoms with Gasteiger partial charge in [-0.05, 0) is 51.8 Å². The van der Waals surface area contributed by atoms with Crippen LogP contribution in [-0.4, -0.2) is 52.5 Å². The minimum Gasteiger partial charge on any atom is -0.348 e. The van der Waals surface area contributed by atoms with Gasteiger partial charge in [0, 0.05) is 36.6 Å². The van der Waals surface area contributed by atoms with Gasteiger partial charge < -0.3 is 9.55 Å². The van der Waals surface area contributed by atoms with Gasteiger partial charge in [0.1, 0.15) is 12.4 Å². The molecule has 27 heavy (non-hydrogen) atoms. The fourth-order valence-corrected chi connectivity index (χ4v) is 4.10. The summed E-state index contributed by atoms with van der Waals surface area (Å²) in [6.07, 6.45) is 10.3. The molecular formula is C19H26N8. The minimum absolute atomic E-state index is 0.501. The van der Waals surface area contributed by atoms with Crippen LogP contribution in [-0.2, 0) is 13.1 Å². The first kappa shape index (κ1) is 16.7. The number of hydrogen-bond acceptors (Lipinski definition) is 5. The maximum atomic E-state index is 4.63. The maximum Gasteiger partial charge on any atom is 0.155 e. The van der Waals surface area contributed by atoms with E-state index in [1.165, 1.54) is 24.4 Å². The molecule has 0 bridgehead atoms. The monoisotopic (exact) mass is 366 g/mol. The number of H-pyrrole nitrogens is 1. The zero-order valence-corrected chi connectivity index (χ0v) is 15.8. The van der Waals surface area contributed by atoms with Gasteiger partial charge in [-0.15, -0.1) is 10.2 Å². The summed E-state index contributed by atoms with van der Waals surface area (Å²) < 4.78 is 4.35. The lowest BCUT2D eigenvalue weighted by molar-refractivity contribution is 0.197. The third-order valence-electron chi connectivity index (χ3n) is 5.83. The van der Waals surface area contributed by atoms with E-state index in [0.717, 1.165) is 44.0 Å². The molecule has 3 aromatic rings. The number of hydrogen-bond donors (Lipinski definition) is 1. The van der Waals surface area contributed by atoms with Gasteiger partial charge in [-0.3, -0.25) is 9.58 Å². The van der Waals surface area contributed by atoms with Gasteiger partial charge in [-0.2, -0.15) is 5.10 Å². The van der Waals surface area contributed by atoms with E-state index < -0.39 is 0 Å². The summed E-state index contributed by atoms with van der Waals surface area (Å²) in [5.41, 5.74) is 2.34. The van der Waals surface area contributed by atoms with Crippen LogP contribution in [0.4, 0.5) is 0 Å². The Morgan fingerprint density at radius 3 is 2.63 bits per heavy atom. The highest BCUT2D eigenvalue weighted by molar-refractivity contribution is 5.11. The topological polar surface area (TPSA) is 80.5 Å². The Bertz CT molecular complexity index is 881. The second-order valence-electron chi connectivity index (χ2n) is 7.80. The summed E-state index contributed by atoms with van der Waals surface area (Å²) in [5.74, 6) is 2.74. The van der Waals surface area contributed by atoms with Gasteiger partial charge >= 0.3 is 0 Å². The Morgan fingerprint density at radius 2 is 1.96 bits per heavy atom. The molecule has 1 saturated heterocycles. The van der Waals surface area contributed by atoms with E-state index in [1.54, 1.807) is 6.33 Å². The third-order valence-corrected chi connectivity index (χ3v) is 5.83. The molecule has 1 N–H and O–H groups in total. The number of nitrogens with zero attached hydrogens (tertiary/aromatic N) is 7. The van der Waals surface area contributed by atoms with Gasteiger partial charge in [0.05, 0.1) is 12.0 Å². The molecule has 4 heterocycles. The van der Waals surface area contributed by atoms with Crippen molar-refractivity contribution in [3.05, 3.63) is 47.8 Å². The Hall–Kier alpha value is -2.48. The normalized spacial score (nSPS) is 19.0. The van der Waals surface area contributed by atoms with E-state index >= 15 is 0 Å². The van der Waals surface area contributed by atoms with Crippen molar-refractivity contribution in [2.24, 2.45) is 0 Å². The van der Waals surface area contributed by atoms with Crippen LogP contribution >= 0.6 is 0 Å². The molecule has 1 aliphatic carbocycles. The lowest BCUT2D eigenvalue weighted by Gasteiger charge is -2.31. The molecule has 2 aliphatic rings. The number of aromatic nitrogens is 7. The Labute approximate surface area is 158 Å². The van der Waals surface area contributed by atoms with Gasteiger partial charge in [0.2, 0.25) is 0 Å². The molecular weight excluding hydrogens is 340 g/mol. The molecule has 8 heteroatoms. The van der Waals surface area contributed by atoms with Crippen LogP contribution in [0.5, 0.6) is 0 Å². The van der Waals surface area contributed by atoms with Crippen LogP contribution in [0.2, 0.25) is 0 Å². The standard InChI is InChI=1S/C19H26N8/c1-14-17(21-13-20-14)11-25-9-5-15(6-10-25)19-24-23-18(27(19)16-3-4-16)12-26-8-2-7-22-26/h2,7-8,13,15-16H,3-6,9-12H2,1H3,(H,20,21). The molecule has 3 aromatic heterocycles. The van der Waals surface area contributed by atoms with Crippen molar-refractivity contribution in [1.82, 2.24) is 39.4 Å². The first-order valence-electron chi connectivity index (χ1n) is 9.90. The van der Waals surface area contributed by atoms with Crippen molar-refractivity contribution in [2.45, 2.75) is 57.7 Å². The molecule has 5 rings (SSSR count). The minimum atomic E-state index is 0.501. The predicted molar refractivity (Wildman–Crippen MR) is 100 cm³/mol. The number of aromatic amines is 1. The largest absolute Gasteiger partial charge is 0.348 e. The zero-order chi connectivity index (χ0) is 18.2. The molecule has 142 valence electrons. The highest BCUT2D eigenvalue weighted by Gasteiger charge is 2.33. The lowest BCUT2D eigenvalue weighted by Crippen LogP contribution is -2.33. The number of imidazole rings is 1. The SMILES string of the molecule is Cc1[nH]cnc1CN1CCC(c2nnc(Cn3cccn3)n2C2CC2)CC1. The molecule has 0 atom stereocenters. The van der Waals surface area contributed by atoms with E-state index in [4.69, 9.17) is 0 Å². The fourth-order valence-electron chi connectivity index (χ4n) is 4.10. The number of likely N-dealkylation sites (tertiary alicyclic amines) is 1. The molecule has 0 radical (unpaired) electrons. The number of nitrogens with one attached hydrogen (secondary N) is 1. The van der Waals surface area contributed by atoms with Crippen molar-refractivity contribution in [3.63, 3.8) is 0 Å². The average Bonchev–Trinajstić information content (AvgIpc) is 3.05. The number of aryl methyl sites for hydroxylation is 1. The van der Waals surface area contributed by atoms with Crippen LogP contribution in [0.25, 0.3) is 0 Å². The van der Waals surface area contributed by atoms with E-state index in [1.807, 2.05) is 23.1 Å². The summed E-state index contributed by atoms with van der Waals surface area (Å²) in [5, 5.41) is 13.5. The maximum absolute atomic E-state index is 4.63. The first-order valence-corrected chi connectivity index (χ1v) is 9.90. The quantitative estimate of drug-likeness (QED) is 0.724. The van der Waals surface area contributed by atoms with Crippen molar-refractivity contribution in [1.29, 1.82) is 0 Å². The van der Waals surface area contributed by atoms with Gasteiger partial charge in [-0.1, -0.05) is 0 Å². The highest BCUT2D eigenvalue weighted by Crippen LogP contribution is 2.40. The van der Waals surface area contributed by atoms with Gasteiger partial charge in [0.25, 0.3) is 0 Å². The second-order valence-corrected chi connectivity index (χ2v) is 7.80. The Balaban J connectivity index is 1.28. The molecule has 8 nitrogen and oxygen atoms in total. The van der Waals surface area contributed by atoms with Crippen LogP contribution in [0, 0.1) is 6.92 Å². The first-order chi connectivity index (χ1) is 13.3. The third kappa shape index (κ3) is 3.41. The molecule has 0 spiro atoms. The van der Waals surface area contributed by atoms with E-state index in [0.29, 0.717) is 18.5 Å². The highest BCUT2D eigenvalue weighted by atomic mass is 15.3. The second kappa shape index (κ2) is 6.92. The Kier molecular flexibility index (Phi) is 4.27. The summed E-state index contributed by atoms with van der Waals surface area (Å²) in [6.45, 7) is 5.90. The molecule has 1 aliphatic heterocycles. The predicted octanol–water partition coefficient (Wildman–Crippen LogP) is 2.27. The van der Waals surface area contributed by atoms with E-state index in [2.05, 4.69) is 41.7 Å². The average molecular weight is 366 g/mol. The van der Waals surface area contributed by atoms with E-state index in [-0.39, 0.29) is 0 Å². The van der Waals surface area contributed by atoms with E-state index in [9.17, 15) is 0 Å². The summed E-state index contributed by atoms with van der Waals surface area (Å²) in [6, 6.07) is 2.54. The van der Waals surface area contributed by atoms with Crippen molar-refractivity contribution < 1.29 is 0 Å². The van der Waals surface area contributed by atoms with Crippen LogP contribution < -0.4 is 0 Å². The smallest absolute Gasteiger partial charge is 0.155 e.